The second kappa shape index (κ2) is 6.88. The number of nitrogens with zero attached hydrogens (tertiary/aromatic N) is 1. The van der Waals surface area contributed by atoms with E-state index in [1.54, 1.807) is 16.8 Å². The van der Waals surface area contributed by atoms with Gasteiger partial charge in [-0.2, -0.15) is 0 Å². The van der Waals surface area contributed by atoms with E-state index in [2.05, 4.69) is 24.5 Å². The number of benzene rings is 2. The SMILES string of the molecule is CC(c1ccccc1)c1cccc[n+]1NC(=O)c1ccccc1. The van der Waals surface area contributed by atoms with Crippen LogP contribution in [0.1, 0.15) is 34.5 Å². The molecule has 1 aromatic heterocycles. The molecule has 3 nitrogen and oxygen atoms in total. The molecule has 2 aromatic carbocycles. The Hall–Kier alpha value is -2.94. The van der Waals surface area contributed by atoms with Crippen molar-refractivity contribution < 1.29 is 9.47 Å². The van der Waals surface area contributed by atoms with Gasteiger partial charge in [0.15, 0.2) is 6.20 Å². The van der Waals surface area contributed by atoms with E-state index in [-0.39, 0.29) is 11.8 Å². The number of carbonyl (C=O) groups is 1. The van der Waals surface area contributed by atoms with Crippen LogP contribution < -0.4 is 10.1 Å². The van der Waals surface area contributed by atoms with Crippen molar-refractivity contribution >= 4 is 5.91 Å². The highest BCUT2D eigenvalue weighted by Crippen LogP contribution is 2.20. The van der Waals surface area contributed by atoms with Crippen LogP contribution in [0.5, 0.6) is 0 Å². The third kappa shape index (κ3) is 3.46. The molecule has 0 aliphatic heterocycles. The summed E-state index contributed by atoms with van der Waals surface area (Å²) >= 11 is 0. The van der Waals surface area contributed by atoms with Crippen LogP contribution in [0.25, 0.3) is 0 Å². The second-order valence-electron chi connectivity index (χ2n) is 5.43. The molecule has 1 amide bonds. The topological polar surface area (TPSA) is 33.0 Å². The monoisotopic (exact) mass is 303 g/mol. The summed E-state index contributed by atoms with van der Waals surface area (Å²) in [6, 6.07) is 25.4. The smallest absolute Gasteiger partial charge is 0.264 e. The van der Waals surface area contributed by atoms with Crippen molar-refractivity contribution in [3.63, 3.8) is 0 Å². The van der Waals surface area contributed by atoms with Gasteiger partial charge in [-0.05, 0) is 30.7 Å². The van der Waals surface area contributed by atoms with Crippen LogP contribution in [0.3, 0.4) is 0 Å². The maximum absolute atomic E-state index is 12.4. The average Bonchev–Trinajstić information content (AvgIpc) is 2.63. The maximum Gasteiger partial charge on any atom is 0.305 e. The first kappa shape index (κ1) is 15.0. The molecule has 0 bridgehead atoms. The van der Waals surface area contributed by atoms with Gasteiger partial charge in [0.1, 0.15) is 0 Å². The number of nitrogens with one attached hydrogen (secondary N) is 1. The maximum atomic E-state index is 12.4. The van der Waals surface area contributed by atoms with Crippen molar-refractivity contribution in [2.24, 2.45) is 0 Å². The van der Waals surface area contributed by atoms with Crippen molar-refractivity contribution in [3.8, 4) is 0 Å². The highest BCUT2D eigenvalue weighted by atomic mass is 16.2. The number of pyridine rings is 1. The number of carbonyl (C=O) groups excluding carboxylic acids is 1. The van der Waals surface area contributed by atoms with Crippen molar-refractivity contribution in [1.82, 2.24) is 0 Å². The van der Waals surface area contributed by atoms with Gasteiger partial charge >= 0.3 is 5.91 Å². The van der Waals surface area contributed by atoms with Crippen LogP contribution in [0.2, 0.25) is 0 Å². The first-order valence-corrected chi connectivity index (χ1v) is 7.67. The lowest BCUT2D eigenvalue weighted by atomic mass is 9.97. The van der Waals surface area contributed by atoms with Crippen molar-refractivity contribution in [2.45, 2.75) is 12.8 Å². The molecule has 0 aliphatic carbocycles. The number of hydrogen-bond donors (Lipinski definition) is 1. The fourth-order valence-corrected chi connectivity index (χ4v) is 2.59. The lowest BCUT2D eigenvalue weighted by Gasteiger charge is -2.11. The van der Waals surface area contributed by atoms with Crippen LogP contribution >= 0.6 is 0 Å². The van der Waals surface area contributed by atoms with Gasteiger partial charge in [0, 0.05) is 17.7 Å². The summed E-state index contributed by atoms with van der Waals surface area (Å²) in [4.78, 5) is 12.4. The van der Waals surface area contributed by atoms with E-state index in [1.165, 1.54) is 5.56 Å². The molecule has 0 aliphatic rings. The first-order chi connectivity index (χ1) is 11.3. The molecule has 0 spiro atoms. The Balaban J connectivity index is 1.88. The zero-order valence-electron chi connectivity index (χ0n) is 13.0. The second-order valence-corrected chi connectivity index (χ2v) is 5.43. The number of rotatable bonds is 4. The summed E-state index contributed by atoms with van der Waals surface area (Å²) in [5.74, 6) is 0.0526. The van der Waals surface area contributed by atoms with Crippen LogP contribution in [-0.2, 0) is 0 Å². The molecule has 1 N–H and O–H groups in total. The summed E-state index contributed by atoms with van der Waals surface area (Å²) in [5, 5.41) is 0. The van der Waals surface area contributed by atoms with Gasteiger partial charge in [-0.1, -0.05) is 53.2 Å². The average molecular weight is 303 g/mol. The van der Waals surface area contributed by atoms with E-state index in [0.717, 1.165) is 5.69 Å². The first-order valence-electron chi connectivity index (χ1n) is 7.67. The standard InChI is InChI=1S/C20H18N2O/c1-16(17-10-4-2-5-11-17)19-14-8-9-15-22(19)21-20(23)18-12-6-3-7-13-18/h2-16H,1H3/p+1. The molecule has 3 aromatic rings. The lowest BCUT2D eigenvalue weighted by molar-refractivity contribution is -0.650. The van der Waals surface area contributed by atoms with Crippen molar-refractivity contribution in [2.75, 3.05) is 5.43 Å². The largest absolute Gasteiger partial charge is 0.305 e. The minimum absolute atomic E-state index is 0.122. The molecular formula is C20H19N2O+. The Bertz CT molecular complexity index is 785. The summed E-state index contributed by atoms with van der Waals surface area (Å²) < 4.78 is 1.80. The minimum Gasteiger partial charge on any atom is -0.264 e. The van der Waals surface area contributed by atoms with Crippen molar-refractivity contribution in [3.05, 3.63) is 102 Å². The van der Waals surface area contributed by atoms with Crippen molar-refractivity contribution in [1.29, 1.82) is 0 Å². The Labute approximate surface area is 136 Å². The molecule has 1 unspecified atom stereocenters. The van der Waals surface area contributed by atoms with Gasteiger partial charge in [0.25, 0.3) is 0 Å². The normalized spacial score (nSPS) is 11.7. The molecule has 1 heterocycles. The van der Waals surface area contributed by atoms with Gasteiger partial charge in [-0.3, -0.25) is 4.79 Å². The molecule has 114 valence electrons. The summed E-state index contributed by atoms with van der Waals surface area (Å²) in [7, 11) is 0. The van der Waals surface area contributed by atoms with Gasteiger partial charge in [0.05, 0.1) is 5.92 Å². The Morgan fingerprint density at radius 3 is 2.17 bits per heavy atom. The highest BCUT2D eigenvalue weighted by molar-refractivity contribution is 5.98. The Kier molecular flexibility index (Phi) is 4.48. The molecule has 1 atom stereocenters. The van der Waals surface area contributed by atoms with Gasteiger partial charge in [-0.15, -0.1) is 5.43 Å². The van der Waals surface area contributed by atoms with Crippen LogP contribution in [0.4, 0.5) is 0 Å². The number of aromatic nitrogens is 1. The minimum atomic E-state index is -0.122. The summed E-state index contributed by atoms with van der Waals surface area (Å²) in [5.41, 5.74) is 5.84. The molecule has 0 radical (unpaired) electrons. The molecule has 0 fully saturated rings. The number of hydrogen-bond acceptors (Lipinski definition) is 1. The van der Waals surface area contributed by atoms with Gasteiger partial charge in [0.2, 0.25) is 5.69 Å². The Morgan fingerprint density at radius 1 is 0.870 bits per heavy atom. The molecular weight excluding hydrogens is 284 g/mol. The molecule has 0 saturated heterocycles. The zero-order valence-corrected chi connectivity index (χ0v) is 13.0. The van der Waals surface area contributed by atoms with E-state index in [4.69, 9.17) is 0 Å². The fraction of sp³-hybridized carbons (Fsp3) is 0.100. The van der Waals surface area contributed by atoms with Crippen LogP contribution in [0, 0.1) is 0 Å². The van der Waals surface area contributed by atoms with E-state index in [1.807, 2.05) is 60.8 Å². The Morgan fingerprint density at radius 2 is 1.48 bits per heavy atom. The van der Waals surface area contributed by atoms with Gasteiger partial charge < -0.3 is 0 Å². The third-order valence-electron chi connectivity index (χ3n) is 3.89. The summed E-state index contributed by atoms with van der Waals surface area (Å²) in [6.45, 7) is 2.13. The van der Waals surface area contributed by atoms with E-state index in [9.17, 15) is 4.79 Å². The molecule has 3 heteroatoms. The van der Waals surface area contributed by atoms with Crippen LogP contribution in [0.15, 0.2) is 85.1 Å². The van der Waals surface area contributed by atoms with Gasteiger partial charge in [-0.25, -0.2) is 0 Å². The number of amides is 1. The quantitative estimate of drug-likeness (QED) is 0.735. The molecule has 0 saturated carbocycles. The summed E-state index contributed by atoms with van der Waals surface area (Å²) in [6.07, 6.45) is 1.87. The van der Waals surface area contributed by atoms with E-state index in [0.29, 0.717) is 5.56 Å². The zero-order chi connectivity index (χ0) is 16.1. The van der Waals surface area contributed by atoms with Crippen LogP contribution in [-0.4, -0.2) is 5.91 Å². The predicted octanol–water partition coefficient (Wildman–Crippen LogP) is 3.51. The lowest BCUT2D eigenvalue weighted by Crippen LogP contribution is -2.51. The highest BCUT2D eigenvalue weighted by Gasteiger charge is 2.21. The third-order valence-corrected chi connectivity index (χ3v) is 3.89. The molecule has 23 heavy (non-hydrogen) atoms. The van der Waals surface area contributed by atoms with E-state index < -0.39 is 0 Å². The fourth-order valence-electron chi connectivity index (χ4n) is 2.59. The van der Waals surface area contributed by atoms with E-state index >= 15 is 0 Å². The molecule has 3 rings (SSSR count). The predicted molar refractivity (Wildman–Crippen MR) is 90.7 cm³/mol.